The van der Waals surface area contributed by atoms with Crippen molar-refractivity contribution in [1.82, 2.24) is 0 Å². The van der Waals surface area contributed by atoms with Gasteiger partial charge in [0.2, 0.25) is 0 Å². The molecule has 112 valence electrons. The third-order valence-electron chi connectivity index (χ3n) is 3.20. The molecule has 0 amide bonds. The van der Waals surface area contributed by atoms with Gasteiger partial charge in [0.05, 0.1) is 0 Å². The highest BCUT2D eigenvalue weighted by molar-refractivity contribution is 9.10. The SMILES string of the molecule is Cc1cc(Cl)cc(C)c1Oc1ccc(Br)cc1CC(C)N. The van der Waals surface area contributed by atoms with Crippen molar-refractivity contribution in [2.45, 2.75) is 33.2 Å². The lowest BCUT2D eigenvalue weighted by Gasteiger charge is -2.16. The van der Waals surface area contributed by atoms with E-state index >= 15 is 0 Å². The van der Waals surface area contributed by atoms with Crippen molar-refractivity contribution in [3.63, 3.8) is 0 Å². The molecule has 2 aromatic rings. The first kappa shape index (κ1) is 16.3. The van der Waals surface area contributed by atoms with Crippen molar-refractivity contribution in [3.8, 4) is 11.5 Å². The summed E-state index contributed by atoms with van der Waals surface area (Å²) in [6.45, 7) is 5.99. The van der Waals surface area contributed by atoms with Crippen LogP contribution in [-0.4, -0.2) is 6.04 Å². The van der Waals surface area contributed by atoms with E-state index in [2.05, 4.69) is 22.0 Å². The first-order valence-corrected chi connectivity index (χ1v) is 8.02. The maximum atomic E-state index is 6.15. The second kappa shape index (κ2) is 6.82. The van der Waals surface area contributed by atoms with Crippen LogP contribution in [0.1, 0.15) is 23.6 Å². The minimum atomic E-state index is 0.0778. The molecule has 2 nitrogen and oxygen atoms in total. The Labute approximate surface area is 139 Å². The van der Waals surface area contributed by atoms with Crippen molar-refractivity contribution in [2.24, 2.45) is 5.73 Å². The first-order valence-electron chi connectivity index (χ1n) is 6.85. The van der Waals surface area contributed by atoms with E-state index in [9.17, 15) is 0 Å². The Balaban J connectivity index is 2.40. The van der Waals surface area contributed by atoms with Gasteiger partial charge in [-0.1, -0.05) is 27.5 Å². The zero-order valence-corrected chi connectivity index (χ0v) is 14.8. The summed E-state index contributed by atoms with van der Waals surface area (Å²) in [5, 5.41) is 0.726. The Morgan fingerprint density at radius 3 is 2.38 bits per heavy atom. The Morgan fingerprint density at radius 2 is 1.81 bits per heavy atom. The fourth-order valence-corrected chi connectivity index (χ4v) is 3.06. The second-order valence-electron chi connectivity index (χ2n) is 5.40. The van der Waals surface area contributed by atoms with Crippen molar-refractivity contribution in [2.75, 3.05) is 0 Å². The van der Waals surface area contributed by atoms with Gasteiger partial charge >= 0.3 is 0 Å². The number of halogens is 2. The van der Waals surface area contributed by atoms with Gasteiger partial charge < -0.3 is 10.5 Å². The van der Waals surface area contributed by atoms with Crippen LogP contribution in [0, 0.1) is 13.8 Å². The molecule has 0 spiro atoms. The van der Waals surface area contributed by atoms with Gasteiger partial charge in [-0.3, -0.25) is 0 Å². The molecule has 0 fully saturated rings. The van der Waals surface area contributed by atoms with Crippen molar-refractivity contribution < 1.29 is 4.74 Å². The first-order chi connectivity index (χ1) is 9.86. The summed E-state index contributed by atoms with van der Waals surface area (Å²) in [5.41, 5.74) is 9.06. The van der Waals surface area contributed by atoms with Crippen LogP contribution in [0.3, 0.4) is 0 Å². The largest absolute Gasteiger partial charge is 0.457 e. The molecule has 4 heteroatoms. The van der Waals surface area contributed by atoms with Gasteiger partial charge in [-0.2, -0.15) is 0 Å². The minimum Gasteiger partial charge on any atom is -0.457 e. The summed E-state index contributed by atoms with van der Waals surface area (Å²) < 4.78 is 7.17. The third-order valence-corrected chi connectivity index (χ3v) is 3.91. The van der Waals surface area contributed by atoms with E-state index in [4.69, 9.17) is 22.1 Å². The molecule has 0 saturated heterocycles. The molecule has 2 N–H and O–H groups in total. The van der Waals surface area contributed by atoms with Gasteiger partial charge in [-0.15, -0.1) is 0 Å². The molecular formula is C17H19BrClNO. The predicted octanol–water partition coefficient (Wildman–Crippen LogP) is 5.40. The number of rotatable bonds is 4. The molecule has 2 rings (SSSR count). The topological polar surface area (TPSA) is 35.2 Å². The molecule has 2 aromatic carbocycles. The molecule has 0 aliphatic carbocycles. The quantitative estimate of drug-likeness (QED) is 0.784. The van der Waals surface area contributed by atoms with Crippen LogP contribution in [0.4, 0.5) is 0 Å². The number of hydrogen-bond donors (Lipinski definition) is 1. The summed E-state index contributed by atoms with van der Waals surface area (Å²) in [5.74, 6) is 1.69. The lowest BCUT2D eigenvalue weighted by molar-refractivity contribution is 0.466. The van der Waals surface area contributed by atoms with Gasteiger partial charge in [0, 0.05) is 15.5 Å². The van der Waals surface area contributed by atoms with Crippen LogP contribution < -0.4 is 10.5 Å². The summed E-state index contributed by atoms with van der Waals surface area (Å²) in [6, 6.07) is 9.89. The van der Waals surface area contributed by atoms with Crippen LogP contribution in [-0.2, 0) is 6.42 Å². The lowest BCUT2D eigenvalue weighted by Crippen LogP contribution is -2.18. The number of hydrogen-bond acceptors (Lipinski definition) is 2. The molecule has 0 aromatic heterocycles. The Kier molecular flexibility index (Phi) is 5.31. The fourth-order valence-electron chi connectivity index (χ4n) is 2.32. The molecule has 21 heavy (non-hydrogen) atoms. The van der Waals surface area contributed by atoms with Gasteiger partial charge in [0.1, 0.15) is 11.5 Å². The molecule has 1 atom stereocenters. The summed E-state index contributed by atoms with van der Waals surface area (Å²) in [4.78, 5) is 0. The number of aryl methyl sites for hydroxylation is 2. The highest BCUT2D eigenvalue weighted by Gasteiger charge is 2.12. The smallest absolute Gasteiger partial charge is 0.133 e. The van der Waals surface area contributed by atoms with Gasteiger partial charge in [0.25, 0.3) is 0 Å². The predicted molar refractivity (Wildman–Crippen MR) is 92.5 cm³/mol. The van der Waals surface area contributed by atoms with Gasteiger partial charge in [0.15, 0.2) is 0 Å². The Morgan fingerprint density at radius 1 is 1.19 bits per heavy atom. The summed E-state index contributed by atoms with van der Waals surface area (Å²) >= 11 is 9.56. The van der Waals surface area contributed by atoms with E-state index in [-0.39, 0.29) is 6.04 Å². The highest BCUT2D eigenvalue weighted by Crippen LogP contribution is 2.34. The van der Waals surface area contributed by atoms with Gasteiger partial charge in [-0.05, 0) is 74.2 Å². The third kappa shape index (κ3) is 4.22. The van der Waals surface area contributed by atoms with Gasteiger partial charge in [-0.25, -0.2) is 0 Å². The zero-order valence-electron chi connectivity index (χ0n) is 12.4. The highest BCUT2D eigenvalue weighted by atomic mass is 79.9. The second-order valence-corrected chi connectivity index (χ2v) is 6.76. The summed E-state index contributed by atoms with van der Waals surface area (Å²) in [6.07, 6.45) is 0.764. The lowest BCUT2D eigenvalue weighted by atomic mass is 10.1. The van der Waals surface area contributed by atoms with Crippen LogP contribution in [0.15, 0.2) is 34.8 Å². The van der Waals surface area contributed by atoms with E-state index in [1.165, 1.54) is 0 Å². The summed E-state index contributed by atoms with van der Waals surface area (Å²) in [7, 11) is 0. The van der Waals surface area contributed by atoms with E-state index in [0.717, 1.165) is 44.1 Å². The van der Waals surface area contributed by atoms with Crippen molar-refractivity contribution in [1.29, 1.82) is 0 Å². The number of nitrogens with two attached hydrogens (primary N) is 1. The van der Waals surface area contributed by atoms with Crippen LogP contribution >= 0.6 is 27.5 Å². The minimum absolute atomic E-state index is 0.0778. The number of ether oxygens (including phenoxy) is 1. The Bertz CT molecular complexity index is 632. The maximum absolute atomic E-state index is 6.15. The molecule has 0 aliphatic heterocycles. The average Bonchev–Trinajstić information content (AvgIpc) is 2.35. The molecule has 0 heterocycles. The molecular weight excluding hydrogens is 350 g/mol. The van der Waals surface area contributed by atoms with Crippen LogP contribution in [0.5, 0.6) is 11.5 Å². The molecule has 1 unspecified atom stereocenters. The zero-order chi connectivity index (χ0) is 15.6. The molecule has 0 bridgehead atoms. The van der Waals surface area contributed by atoms with E-state index in [1.807, 2.05) is 45.0 Å². The van der Waals surface area contributed by atoms with Crippen molar-refractivity contribution in [3.05, 3.63) is 56.5 Å². The maximum Gasteiger partial charge on any atom is 0.133 e. The molecule has 0 aliphatic rings. The average molecular weight is 369 g/mol. The Hall–Kier alpha value is -1.03. The normalized spacial score (nSPS) is 12.3. The van der Waals surface area contributed by atoms with E-state index in [0.29, 0.717) is 0 Å². The van der Waals surface area contributed by atoms with E-state index in [1.54, 1.807) is 0 Å². The monoisotopic (exact) mass is 367 g/mol. The number of benzene rings is 2. The van der Waals surface area contributed by atoms with Crippen molar-refractivity contribution >= 4 is 27.5 Å². The van der Waals surface area contributed by atoms with Crippen LogP contribution in [0.25, 0.3) is 0 Å². The molecule has 0 radical (unpaired) electrons. The van der Waals surface area contributed by atoms with Crippen LogP contribution in [0.2, 0.25) is 5.02 Å². The van der Waals surface area contributed by atoms with E-state index < -0.39 is 0 Å². The standard InChI is InChI=1S/C17H19BrClNO/c1-10-6-15(19)7-11(2)17(10)21-16-5-4-14(18)9-13(16)8-12(3)20/h4-7,9,12H,8,20H2,1-3H3. The molecule has 0 saturated carbocycles. The fraction of sp³-hybridized carbons (Fsp3) is 0.294.